The number of carbonyl (C=O) groups excluding carboxylic acids is 1. The van der Waals surface area contributed by atoms with Gasteiger partial charge in [-0.05, 0) is 36.4 Å². The highest BCUT2D eigenvalue weighted by atomic mass is 79.9. The molecule has 0 atom stereocenters. The fourth-order valence-electron chi connectivity index (χ4n) is 3.05. The molecule has 0 saturated heterocycles. The number of benzene rings is 3. The maximum Gasteiger partial charge on any atom is 0.234 e. The van der Waals surface area contributed by atoms with Crippen molar-refractivity contribution in [2.75, 3.05) is 18.2 Å². The number of rotatable bonds is 7. The molecule has 0 aliphatic rings. The average molecular weight is 586 g/mol. The molecule has 0 spiro atoms. The Kier molecular flexibility index (Phi) is 7.74. The van der Waals surface area contributed by atoms with Crippen molar-refractivity contribution in [2.24, 2.45) is 0 Å². The Morgan fingerprint density at radius 1 is 0.879 bits per heavy atom. The molecule has 33 heavy (non-hydrogen) atoms. The van der Waals surface area contributed by atoms with Gasteiger partial charge in [-0.1, -0.05) is 80.0 Å². The maximum absolute atomic E-state index is 12.5. The van der Waals surface area contributed by atoms with E-state index in [1.165, 1.54) is 11.8 Å². The molecule has 1 aromatic heterocycles. The fourth-order valence-corrected chi connectivity index (χ4v) is 4.16. The van der Waals surface area contributed by atoms with Crippen LogP contribution in [0.5, 0.6) is 5.75 Å². The zero-order valence-electron chi connectivity index (χ0n) is 17.5. The highest BCUT2D eigenvalue weighted by molar-refractivity contribution is 9.10. The number of nitrogens with zero attached hydrogens (tertiary/aromatic N) is 3. The highest BCUT2D eigenvalue weighted by Crippen LogP contribution is 2.31. The van der Waals surface area contributed by atoms with Gasteiger partial charge in [0.1, 0.15) is 17.1 Å². The first-order valence-corrected chi connectivity index (χ1v) is 12.4. The molecule has 3 aromatic carbocycles. The average Bonchev–Trinajstić information content (AvgIpc) is 2.84. The van der Waals surface area contributed by atoms with E-state index in [-0.39, 0.29) is 11.7 Å². The summed E-state index contributed by atoms with van der Waals surface area (Å²) in [6.07, 6.45) is 0. The summed E-state index contributed by atoms with van der Waals surface area (Å²) in [4.78, 5) is 17.2. The summed E-state index contributed by atoms with van der Waals surface area (Å²) in [6, 6.07) is 22.9. The van der Waals surface area contributed by atoms with Gasteiger partial charge >= 0.3 is 0 Å². The molecule has 0 saturated carbocycles. The first-order chi connectivity index (χ1) is 16.0. The molecule has 4 rings (SSSR count). The van der Waals surface area contributed by atoms with Crippen LogP contribution in [0.15, 0.2) is 86.9 Å². The molecule has 9 heteroatoms. The Labute approximate surface area is 212 Å². The Morgan fingerprint density at radius 3 is 2.12 bits per heavy atom. The topological polar surface area (TPSA) is 77.0 Å². The molecule has 1 N–H and O–H groups in total. The van der Waals surface area contributed by atoms with Crippen LogP contribution in [0.3, 0.4) is 0 Å². The lowest BCUT2D eigenvalue weighted by atomic mass is 10.0. The van der Waals surface area contributed by atoms with Gasteiger partial charge in [0, 0.05) is 20.1 Å². The van der Waals surface area contributed by atoms with E-state index >= 15 is 0 Å². The van der Waals surface area contributed by atoms with Crippen molar-refractivity contribution in [3.63, 3.8) is 0 Å². The molecular weight excluding hydrogens is 568 g/mol. The van der Waals surface area contributed by atoms with Crippen molar-refractivity contribution >= 4 is 55.2 Å². The third kappa shape index (κ3) is 5.98. The van der Waals surface area contributed by atoms with Crippen LogP contribution < -0.4 is 10.1 Å². The van der Waals surface area contributed by atoms with Gasteiger partial charge < -0.3 is 10.1 Å². The second kappa shape index (κ2) is 10.9. The Bertz CT molecular complexity index is 1270. The monoisotopic (exact) mass is 584 g/mol. The molecule has 4 aromatic rings. The van der Waals surface area contributed by atoms with Crippen molar-refractivity contribution in [1.82, 2.24) is 15.2 Å². The number of para-hydroxylation sites is 2. The number of halogens is 2. The standard InChI is InChI=1S/C24H18Br2N4O2S/c1-32-20-5-3-2-4-19(20)27-21(31)14-33-24-28-22(15-6-10-17(25)11-7-15)23(29-30-24)16-8-12-18(26)13-9-16/h2-13H,14H2,1H3,(H,27,31). The molecule has 1 heterocycles. The van der Waals surface area contributed by atoms with Crippen LogP contribution in [0, 0.1) is 0 Å². The van der Waals surface area contributed by atoms with E-state index in [1.54, 1.807) is 19.2 Å². The van der Waals surface area contributed by atoms with Crippen LogP contribution in [-0.2, 0) is 4.79 Å². The number of hydrogen-bond donors (Lipinski definition) is 1. The predicted molar refractivity (Wildman–Crippen MR) is 138 cm³/mol. The van der Waals surface area contributed by atoms with Crippen molar-refractivity contribution in [1.29, 1.82) is 0 Å². The lowest BCUT2D eigenvalue weighted by Crippen LogP contribution is -2.15. The number of hydrogen-bond acceptors (Lipinski definition) is 6. The van der Waals surface area contributed by atoms with Gasteiger partial charge in [-0.25, -0.2) is 4.98 Å². The quantitative estimate of drug-likeness (QED) is 0.250. The zero-order valence-corrected chi connectivity index (χ0v) is 21.4. The van der Waals surface area contributed by atoms with Gasteiger partial charge in [0.2, 0.25) is 11.1 Å². The lowest BCUT2D eigenvalue weighted by molar-refractivity contribution is -0.113. The molecule has 166 valence electrons. The summed E-state index contributed by atoms with van der Waals surface area (Å²) in [5.41, 5.74) is 3.80. The normalized spacial score (nSPS) is 10.6. The van der Waals surface area contributed by atoms with Crippen LogP contribution in [0.25, 0.3) is 22.5 Å². The van der Waals surface area contributed by atoms with E-state index in [4.69, 9.17) is 9.72 Å². The summed E-state index contributed by atoms with van der Waals surface area (Å²) in [7, 11) is 1.57. The smallest absolute Gasteiger partial charge is 0.234 e. The third-order valence-electron chi connectivity index (χ3n) is 4.62. The summed E-state index contributed by atoms with van der Waals surface area (Å²) >= 11 is 8.16. The van der Waals surface area contributed by atoms with Crippen molar-refractivity contribution in [3.8, 4) is 28.3 Å². The fraction of sp³-hybridized carbons (Fsp3) is 0.0833. The summed E-state index contributed by atoms with van der Waals surface area (Å²) in [6.45, 7) is 0. The second-order valence-electron chi connectivity index (χ2n) is 6.84. The third-order valence-corrected chi connectivity index (χ3v) is 6.51. The molecule has 0 radical (unpaired) electrons. The van der Waals surface area contributed by atoms with Crippen LogP contribution in [0.2, 0.25) is 0 Å². The van der Waals surface area contributed by atoms with Crippen molar-refractivity contribution in [2.45, 2.75) is 5.16 Å². The number of ether oxygens (including phenoxy) is 1. The van der Waals surface area contributed by atoms with Crippen LogP contribution in [0.1, 0.15) is 0 Å². The molecule has 1 amide bonds. The van der Waals surface area contributed by atoms with Crippen LogP contribution >= 0.6 is 43.6 Å². The van der Waals surface area contributed by atoms with Gasteiger partial charge in [-0.15, -0.1) is 10.2 Å². The zero-order chi connectivity index (χ0) is 23.2. The lowest BCUT2D eigenvalue weighted by Gasteiger charge is -2.11. The van der Waals surface area contributed by atoms with E-state index in [9.17, 15) is 4.79 Å². The minimum atomic E-state index is -0.185. The number of nitrogens with one attached hydrogen (secondary N) is 1. The largest absolute Gasteiger partial charge is 0.495 e. The number of thioether (sulfide) groups is 1. The molecular formula is C24H18Br2N4O2S. The first-order valence-electron chi connectivity index (χ1n) is 9.86. The second-order valence-corrected chi connectivity index (χ2v) is 9.62. The van der Waals surface area contributed by atoms with Crippen LogP contribution in [0.4, 0.5) is 5.69 Å². The number of aromatic nitrogens is 3. The molecule has 0 bridgehead atoms. The van der Waals surface area contributed by atoms with Gasteiger partial charge in [-0.3, -0.25) is 4.79 Å². The van der Waals surface area contributed by atoms with Gasteiger partial charge in [0.05, 0.1) is 18.6 Å². The van der Waals surface area contributed by atoms with E-state index in [1.807, 2.05) is 60.7 Å². The summed E-state index contributed by atoms with van der Waals surface area (Å²) in [5, 5.41) is 12.0. The Hall–Kier alpha value is -2.75. The molecule has 0 aliphatic heterocycles. The van der Waals surface area contributed by atoms with Crippen molar-refractivity contribution < 1.29 is 9.53 Å². The predicted octanol–water partition coefficient (Wildman–Crippen LogP) is 6.47. The molecule has 0 unspecified atom stereocenters. The number of amides is 1. The highest BCUT2D eigenvalue weighted by Gasteiger charge is 2.15. The van der Waals surface area contributed by atoms with Gasteiger partial charge in [0.15, 0.2) is 0 Å². The first kappa shape index (κ1) is 23.4. The van der Waals surface area contributed by atoms with E-state index in [0.717, 1.165) is 20.1 Å². The summed E-state index contributed by atoms with van der Waals surface area (Å²) < 4.78 is 7.23. The van der Waals surface area contributed by atoms with E-state index < -0.39 is 0 Å². The molecule has 0 fully saturated rings. The molecule has 0 aliphatic carbocycles. The number of anilines is 1. The summed E-state index contributed by atoms with van der Waals surface area (Å²) in [5.74, 6) is 0.553. The Morgan fingerprint density at radius 2 is 1.48 bits per heavy atom. The number of carbonyl (C=O) groups is 1. The minimum absolute atomic E-state index is 0.136. The van der Waals surface area contributed by atoms with E-state index in [0.29, 0.717) is 28.0 Å². The maximum atomic E-state index is 12.5. The SMILES string of the molecule is COc1ccccc1NC(=O)CSc1nnc(-c2ccc(Br)cc2)c(-c2ccc(Br)cc2)n1. The number of methoxy groups -OCH3 is 1. The van der Waals surface area contributed by atoms with Crippen LogP contribution in [-0.4, -0.2) is 34.0 Å². The molecule has 6 nitrogen and oxygen atoms in total. The van der Waals surface area contributed by atoms with Gasteiger partial charge in [-0.2, -0.15) is 0 Å². The minimum Gasteiger partial charge on any atom is -0.495 e. The van der Waals surface area contributed by atoms with Gasteiger partial charge in [0.25, 0.3) is 0 Å². The van der Waals surface area contributed by atoms with E-state index in [2.05, 4.69) is 47.4 Å². The van der Waals surface area contributed by atoms with Crippen molar-refractivity contribution in [3.05, 3.63) is 81.7 Å². The Balaban J connectivity index is 1.57.